The fourth-order valence-corrected chi connectivity index (χ4v) is 2.26. The van der Waals surface area contributed by atoms with E-state index in [1.807, 2.05) is 0 Å². The van der Waals surface area contributed by atoms with Crippen LogP contribution in [-0.2, 0) is 14.3 Å². The van der Waals surface area contributed by atoms with Crippen molar-refractivity contribution < 1.29 is 27.5 Å². The van der Waals surface area contributed by atoms with Crippen LogP contribution in [0.5, 0.6) is 0 Å². The predicted octanol–water partition coefficient (Wildman–Crippen LogP) is 0.195. The van der Waals surface area contributed by atoms with Crippen LogP contribution in [0.25, 0.3) is 0 Å². The molecule has 0 saturated heterocycles. The maximum atomic E-state index is 12.1. The molecule has 0 aromatic rings. The molecule has 0 spiro atoms. The Morgan fingerprint density at radius 1 is 1.33 bits per heavy atom. The van der Waals surface area contributed by atoms with Gasteiger partial charge in [0.05, 0.1) is 18.6 Å². The van der Waals surface area contributed by atoms with Gasteiger partial charge >= 0.3 is 6.18 Å². The fourth-order valence-electron chi connectivity index (χ4n) is 2.26. The van der Waals surface area contributed by atoms with Crippen molar-refractivity contribution in [3.05, 3.63) is 0 Å². The first-order chi connectivity index (χ1) is 9.67. The first-order valence-electron chi connectivity index (χ1n) is 6.70. The molecule has 1 rings (SSSR count). The van der Waals surface area contributed by atoms with Crippen molar-refractivity contribution in [3.63, 3.8) is 0 Å². The Morgan fingerprint density at radius 3 is 2.57 bits per heavy atom. The number of nitrogens with one attached hydrogen (secondary N) is 1. The van der Waals surface area contributed by atoms with Gasteiger partial charge < -0.3 is 21.5 Å². The lowest BCUT2D eigenvalue weighted by Crippen LogP contribution is -2.49. The van der Waals surface area contributed by atoms with Gasteiger partial charge in [-0.25, -0.2) is 0 Å². The Balaban J connectivity index is 2.38. The van der Waals surface area contributed by atoms with E-state index in [9.17, 15) is 22.8 Å². The SMILES string of the molecule is NC(=O)CC(N)C(=O)NC1CCCC(OCC(F)(F)F)C1. The maximum Gasteiger partial charge on any atom is 0.411 e. The van der Waals surface area contributed by atoms with E-state index in [-0.39, 0.29) is 12.5 Å². The lowest BCUT2D eigenvalue weighted by Gasteiger charge is -2.30. The zero-order chi connectivity index (χ0) is 16.0. The molecule has 3 unspecified atom stereocenters. The second-order valence-electron chi connectivity index (χ2n) is 5.20. The molecule has 1 fully saturated rings. The number of carbonyl (C=O) groups excluding carboxylic acids is 2. The molecule has 5 N–H and O–H groups in total. The average molecular weight is 311 g/mol. The van der Waals surface area contributed by atoms with Crippen LogP contribution in [0.15, 0.2) is 0 Å². The summed E-state index contributed by atoms with van der Waals surface area (Å²) in [4.78, 5) is 22.4. The molecule has 0 aromatic carbocycles. The summed E-state index contributed by atoms with van der Waals surface area (Å²) < 4.78 is 41.1. The third-order valence-corrected chi connectivity index (χ3v) is 3.21. The van der Waals surface area contributed by atoms with Crippen LogP contribution in [0.1, 0.15) is 32.1 Å². The van der Waals surface area contributed by atoms with Crippen molar-refractivity contribution in [2.24, 2.45) is 11.5 Å². The maximum absolute atomic E-state index is 12.1. The van der Waals surface area contributed by atoms with Crippen LogP contribution in [0.2, 0.25) is 0 Å². The quantitative estimate of drug-likeness (QED) is 0.651. The molecule has 3 atom stereocenters. The monoisotopic (exact) mass is 311 g/mol. The molecule has 2 amide bonds. The highest BCUT2D eigenvalue weighted by Crippen LogP contribution is 2.24. The number of carbonyl (C=O) groups is 2. The van der Waals surface area contributed by atoms with Crippen molar-refractivity contribution in [2.75, 3.05) is 6.61 Å². The Hall–Kier alpha value is -1.35. The molecular formula is C12H20F3N3O3. The third-order valence-electron chi connectivity index (χ3n) is 3.21. The number of ether oxygens (including phenoxy) is 1. The molecule has 0 bridgehead atoms. The second-order valence-corrected chi connectivity index (χ2v) is 5.20. The first kappa shape index (κ1) is 17.7. The Kier molecular flexibility index (Phi) is 6.41. The summed E-state index contributed by atoms with van der Waals surface area (Å²) in [5.74, 6) is -1.22. The highest BCUT2D eigenvalue weighted by molar-refractivity contribution is 5.87. The van der Waals surface area contributed by atoms with Crippen molar-refractivity contribution in [1.82, 2.24) is 5.32 Å². The van der Waals surface area contributed by atoms with Crippen LogP contribution < -0.4 is 16.8 Å². The van der Waals surface area contributed by atoms with E-state index in [4.69, 9.17) is 16.2 Å². The summed E-state index contributed by atoms with van der Waals surface area (Å²) in [5, 5.41) is 2.62. The Labute approximate surface area is 120 Å². The minimum atomic E-state index is -4.36. The molecule has 0 radical (unpaired) electrons. The fraction of sp³-hybridized carbons (Fsp3) is 0.833. The van der Waals surface area contributed by atoms with Gasteiger partial charge in [0.15, 0.2) is 0 Å². The normalized spacial score (nSPS) is 24.4. The zero-order valence-corrected chi connectivity index (χ0v) is 11.5. The van der Waals surface area contributed by atoms with Gasteiger partial charge in [-0.3, -0.25) is 9.59 Å². The smallest absolute Gasteiger partial charge is 0.370 e. The van der Waals surface area contributed by atoms with Gasteiger partial charge in [0.1, 0.15) is 6.61 Å². The van der Waals surface area contributed by atoms with E-state index in [1.54, 1.807) is 0 Å². The highest BCUT2D eigenvalue weighted by atomic mass is 19.4. The van der Waals surface area contributed by atoms with Crippen molar-refractivity contribution >= 4 is 11.8 Å². The van der Waals surface area contributed by atoms with Crippen LogP contribution in [-0.4, -0.2) is 42.8 Å². The molecule has 1 saturated carbocycles. The Bertz CT molecular complexity index is 376. The minimum Gasteiger partial charge on any atom is -0.370 e. The molecule has 122 valence electrons. The van der Waals surface area contributed by atoms with Gasteiger partial charge in [-0.05, 0) is 25.7 Å². The van der Waals surface area contributed by atoms with Crippen LogP contribution in [0.3, 0.4) is 0 Å². The first-order valence-corrected chi connectivity index (χ1v) is 6.70. The van der Waals surface area contributed by atoms with E-state index < -0.39 is 36.7 Å². The summed E-state index contributed by atoms with van der Waals surface area (Å²) in [6.07, 6.45) is -3.06. The number of halogens is 3. The lowest BCUT2D eigenvalue weighted by atomic mass is 9.92. The number of amides is 2. The summed E-state index contributed by atoms with van der Waals surface area (Å²) in [5.41, 5.74) is 10.4. The zero-order valence-electron chi connectivity index (χ0n) is 11.5. The van der Waals surface area contributed by atoms with Gasteiger partial charge in [-0.2, -0.15) is 13.2 Å². The molecule has 0 aliphatic heterocycles. The number of rotatable bonds is 6. The molecule has 9 heteroatoms. The van der Waals surface area contributed by atoms with Gasteiger partial charge in [0, 0.05) is 6.04 Å². The summed E-state index contributed by atoms with van der Waals surface area (Å²) in [7, 11) is 0. The third kappa shape index (κ3) is 7.28. The van der Waals surface area contributed by atoms with Crippen LogP contribution >= 0.6 is 0 Å². The topological polar surface area (TPSA) is 107 Å². The molecule has 0 heterocycles. The minimum absolute atomic E-state index is 0.271. The standard InChI is InChI=1S/C12H20F3N3O3/c13-12(14,15)6-21-8-3-1-2-7(4-8)18-11(20)9(16)5-10(17)19/h7-9H,1-6,16H2,(H2,17,19)(H,18,20). The summed E-state index contributed by atoms with van der Waals surface area (Å²) in [6.45, 7) is -1.29. The van der Waals surface area contributed by atoms with Gasteiger partial charge in [-0.1, -0.05) is 0 Å². The van der Waals surface area contributed by atoms with Gasteiger partial charge in [-0.15, -0.1) is 0 Å². The molecular weight excluding hydrogens is 291 g/mol. The Morgan fingerprint density at radius 2 is 2.00 bits per heavy atom. The van der Waals surface area contributed by atoms with E-state index in [0.717, 1.165) is 0 Å². The number of primary amides is 1. The van der Waals surface area contributed by atoms with Crippen LogP contribution in [0, 0.1) is 0 Å². The summed E-state index contributed by atoms with van der Waals surface area (Å²) in [6, 6.07) is -1.35. The largest absolute Gasteiger partial charge is 0.411 e. The van der Waals surface area contributed by atoms with Gasteiger partial charge in [0.25, 0.3) is 0 Å². The highest BCUT2D eigenvalue weighted by Gasteiger charge is 2.32. The molecule has 21 heavy (non-hydrogen) atoms. The average Bonchev–Trinajstić information content (AvgIpc) is 2.35. The van der Waals surface area contributed by atoms with E-state index >= 15 is 0 Å². The van der Waals surface area contributed by atoms with E-state index in [0.29, 0.717) is 25.7 Å². The van der Waals surface area contributed by atoms with Crippen molar-refractivity contribution in [2.45, 2.75) is 56.5 Å². The van der Waals surface area contributed by atoms with E-state index in [1.165, 1.54) is 0 Å². The molecule has 1 aliphatic rings. The predicted molar refractivity (Wildman–Crippen MR) is 68.0 cm³/mol. The number of nitrogens with two attached hydrogens (primary N) is 2. The van der Waals surface area contributed by atoms with Crippen LogP contribution in [0.4, 0.5) is 13.2 Å². The van der Waals surface area contributed by atoms with Crippen molar-refractivity contribution in [1.29, 1.82) is 0 Å². The number of hydrogen-bond donors (Lipinski definition) is 3. The second kappa shape index (κ2) is 7.60. The number of hydrogen-bond acceptors (Lipinski definition) is 4. The van der Waals surface area contributed by atoms with Crippen molar-refractivity contribution in [3.8, 4) is 0 Å². The lowest BCUT2D eigenvalue weighted by molar-refractivity contribution is -0.188. The van der Waals surface area contributed by atoms with Gasteiger partial charge in [0.2, 0.25) is 11.8 Å². The summed E-state index contributed by atoms with van der Waals surface area (Å²) >= 11 is 0. The molecule has 6 nitrogen and oxygen atoms in total. The molecule has 0 aromatic heterocycles. The molecule has 1 aliphatic carbocycles. The number of alkyl halides is 3. The van der Waals surface area contributed by atoms with E-state index in [2.05, 4.69) is 5.32 Å².